The fraction of sp³-hybridized carbons (Fsp3) is 0.590. The third kappa shape index (κ3) is 36.1. The molecule has 5 saturated heterocycles. The van der Waals surface area contributed by atoms with E-state index in [0.29, 0.717) is 80.1 Å². The topological polar surface area (TPSA) is 406 Å². The van der Waals surface area contributed by atoms with Crippen molar-refractivity contribution in [3.8, 4) is 0 Å². The molecule has 0 aromatic carbocycles. The maximum atomic E-state index is 13.0. The predicted octanol–water partition coefficient (Wildman–Crippen LogP) is -5.81. The normalized spacial score (nSPS) is 15.4. The van der Waals surface area contributed by atoms with Gasteiger partial charge < -0.3 is 92.2 Å². The van der Waals surface area contributed by atoms with Gasteiger partial charge in [0.15, 0.2) is 0 Å². The monoisotopic (exact) mass is 1660 g/mol. The molecule has 40 heteroatoms. The van der Waals surface area contributed by atoms with Crippen molar-refractivity contribution >= 4 is 94.5 Å². The molecule has 5 aliphatic rings. The van der Waals surface area contributed by atoms with E-state index in [9.17, 15) is 44.2 Å². The molecular weight excluding hydrogens is 1560 g/mol. The number of aromatic amines is 1. The van der Waals surface area contributed by atoms with Crippen LogP contribution in [0.15, 0.2) is 61.3 Å². The minimum absolute atomic E-state index is 0. The Bertz CT molecular complexity index is 3220. The number of H-pyrrole nitrogens is 1. The third-order valence-electron chi connectivity index (χ3n) is 15.5. The quantitative estimate of drug-likeness (QED) is 0.0110. The van der Waals surface area contributed by atoms with Crippen molar-refractivity contribution in [3.63, 3.8) is 0 Å². The van der Waals surface area contributed by atoms with Crippen molar-refractivity contribution < 1.29 is 243 Å². The van der Waals surface area contributed by atoms with Crippen LogP contribution >= 0.6 is 36.4 Å². The molecule has 0 unspecified atom stereocenters. The maximum absolute atomic E-state index is 13.0. The number of nitro groups is 2. The molecule has 0 spiro atoms. The zero-order valence-electron chi connectivity index (χ0n) is 61.1. The van der Waals surface area contributed by atoms with Crippen LogP contribution in [0.3, 0.4) is 0 Å². The molecule has 5 aliphatic heterocycles. The van der Waals surface area contributed by atoms with Gasteiger partial charge in [-0.15, -0.1) is 36.4 Å². The second-order valence-electron chi connectivity index (χ2n) is 22.3. The molecule has 0 radical (unpaired) electrons. The van der Waals surface area contributed by atoms with Crippen molar-refractivity contribution in [2.45, 2.75) is 26.9 Å². The van der Waals surface area contributed by atoms with Crippen LogP contribution < -0.4 is 195 Å². The molecule has 3 amide bonds. The number of amides is 3. The summed E-state index contributed by atoms with van der Waals surface area (Å²) in [7, 11) is 3.60. The third-order valence-corrected chi connectivity index (χ3v) is 15.7. The molecule has 0 atom stereocenters. The first-order valence-electron chi connectivity index (χ1n) is 31.9. The molecule has 0 saturated carbocycles. The number of alkyl halides is 1. The molecular formula is C61H99Cl3KN17O17Rb2. The Morgan fingerprint density at radius 3 is 1.32 bits per heavy atom. The zero-order chi connectivity index (χ0) is 68.5. The number of aryl methyl sites for hydroxylation is 2. The number of rotatable bonds is 24. The van der Waals surface area contributed by atoms with Gasteiger partial charge >= 0.3 is 180 Å². The predicted molar refractivity (Wildman–Crippen MR) is 373 cm³/mol. The summed E-state index contributed by atoms with van der Waals surface area (Å²) in [5, 5.41) is 29.9. The van der Waals surface area contributed by atoms with E-state index < -0.39 is 21.8 Å². The van der Waals surface area contributed by atoms with Gasteiger partial charge in [-0.05, 0) is 32.0 Å². The van der Waals surface area contributed by atoms with Crippen molar-refractivity contribution in [3.05, 3.63) is 110 Å². The Morgan fingerprint density at radius 1 is 0.525 bits per heavy atom. The summed E-state index contributed by atoms with van der Waals surface area (Å²) in [6, 6.07) is 7.45. The molecule has 0 bridgehead atoms. The Morgan fingerprint density at radius 2 is 0.911 bits per heavy atom. The van der Waals surface area contributed by atoms with Crippen molar-refractivity contribution in [2.24, 2.45) is 14.1 Å². The number of aromatic nitrogens is 5. The summed E-state index contributed by atoms with van der Waals surface area (Å²) in [5.41, 5.74) is 15.0. The van der Waals surface area contributed by atoms with E-state index >= 15 is 0 Å². The standard InChI is InChI=1S/C23H35N7O4.C13H19N3O5.C12H20N4O2.C7H8N2O4.C6H12ClNO.2ClH.K.H2O.2Rb.2H/c1-27-17-19(15-20(27)22(31)25-2-3-28-6-10-33-11-7-28)26-23(32)21-14-18(24)16-30(21)5-4-29-8-12-34-13-9-29;1-2-21-13(17)12-9-11(16(18)19)10-15(12)4-3-14-5-7-20-8-6-14;1-15-9-10(13)8-11(15)12(17)14-2-3-16-4-6-18-7-5-16;1-2-13-7(10)6-3-5(4-8-6)9(11)12;7-1-2-8-3-5-9-6-4-8;;;;;;;;/h14-17H,2-13,24H2,1H3,(H,25,31)(H,26,32);9-10H,2-8H2,1H3;8-9H,2-7,13H2,1H3,(H,14,17);3-4,8H,2H2,1H3;1-6H2;2*1H;;1H2;;;;/q;;;;;;;+1;;2*+1;2*-1/p-1. The second kappa shape index (κ2) is 55.3. The number of nitrogens with zero attached hydrogens (tertiary/aromatic N) is 11. The second-order valence-corrected chi connectivity index (χ2v) is 22.7. The molecule has 10 rings (SSSR count). The number of hydrogen-bond donors (Lipinski definition) is 6. The molecule has 554 valence electrons. The van der Waals surface area contributed by atoms with Gasteiger partial charge in [-0.25, -0.2) is 9.59 Å². The maximum Gasteiger partial charge on any atom is 1.00 e. The number of nitrogen functional groups attached to an aromatic ring is 2. The van der Waals surface area contributed by atoms with Gasteiger partial charge in [0.1, 0.15) is 28.5 Å². The van der Waals surface area contributed by atoms with Crippen LogP contribution in [0.4, 0.5) is 28.4 Å². The van der Waals surface area contributed by atoms with E-state index in [1.807, 2.05) is 11.6 Å². The zero-order valence-corrected chi connectivity index (χ0v) is 74.5. The number of nitrogens with two attached hydrogens (primary N) is 2. The summed E-state index contributed by atoms with van der Waals surface area (Å²) in [6.07, 6.45) is 7.78. The molecule has 0 aliphatic carbocycles. The van der Waals surface area contributed by atoms with Crippen molar-refractivity contribution in [1.82, 2.24) is 58.4 Å². The molecule has 5 aromatic rings. The molecule has 5 fully saturated rings. The summed E-state index contributed by atoms with van der Waals surface area (Å²) in [5.74, 6) is -0.899. The number of ether oxygens (including phenoxy) is 7. The van der Waals surface area contributed by atoms with Gasteiger partial charge in [-0.2, -0.15) is 0 Å². The van der Waals surface area contributed by atoms with Gasteiger partial charge in [0, 0.05) is 175 Å². The first-order chi connectivity index (χ1) is 45.8. The van der Waals surface area contributed by atoms with E-state index in [0.717, 1.165) is 163 Å². The van der Waals surface area contributed by atoms with Crippen LogP contribution in [0.1, 0.15) is 69.1 Å². The summed E-state index contributed by atoms with van der Waals surface area (Å²) in [4.78, 5) is 94.2. The average Bonchev–Trinajstić information content (AvgIpc) is 1.69. The minimum atomic E-state index is -0.587. The van der Waals surface area contributed by atoms with E-state index in [2.05, 4.69) is 50.2 Å². The fourth-order valence-electron chi connectivity index (χ4n) is 10.3. The average molecular weight is 1660 g/mol. The van der Waals surface area contributed by atoms with Gasteiger partial charge in [0.25, 0.3) is 29.1 Å². The number of carbonyl (C=O) groups is 5. The summed E-state index contributed by atoms with van der Waals surface area (Å²) < 4.78 is 42.9. The Labute approximate surface area is 749 Å². The SMILES string of the molecule is CCOC(=O)c1cc([N+](=O)[O-])c[nH]1.CCOC(=O)c1cc([N+](=O)[O-])cn1CCN1CCOCC1.Cl.Cl.ClCCN1CCOCC1.Cn1cc(N)cc1C(=O)NCCN1CCOCC1.Cn1cc(NC(=O)c2cc(N)cn2CCN2CCOCC2)cc1C(=O)NCCN1CCOCC1.[H-].[H-].[K+].[OH-].[Rb+].[Rb+]. The van der Waals surface area contributed by atoms with E-state index in [1.165, 1.54) is 12.3 Å². The van der Waals surface area contributed by atoms with Crippen LogP contribution in [0.2, 0.25) is 0 Å². The van der Waals surface area contributed by atoms with E-state index in [1.54, 1.807) is 71.4 Å². The minimum Gasteiger partial charge on any atom is -1.00 e. The fourth-order valence-corrected chi connectivity index (χ4v) is 10.6. The summed E-state index contributed by atoms with van der Waals surface area (Å²) >= 11 is 5.55. The van der Waals surface area contributed by atoms with Crippen LogP contribution in [0.25, 0.3) is 0 Å². The Hall–Kier alpha value is -2.17. The number of halogens is 3. The number of esters is 2. The van der Waals surface area contributed by atoms with Crippen LogP contribution in [-0.2, 0) is 60.3 Å². The first kappa shape index (κ1) is 98.8. The summed E-state index contributed by atoms with van der Waals surface area (Å²) in [6.45, 7) is 27.2. The van der Waals surface area contributed by atoms with E-state index in [-0.39, 0.29) is 255 Å². The van der Waals surface area contributed by atoms with Crippen molar-refractivity contribution in [2.75, 3.05) is 213 Å². The Balaban J connectivity index is -0.00000127. The Kier molecular flexibility index (Phi) is 54.1. The van der Waals surface area contributed by atoms with Crippen LogP contribution in [0, 0.1) is 20.2 Å². The molecule has 10 heterocycles. The molecule has 5 aromatic heterocycles. The number of nitrogens with one attached hydrogen (secondary N) is 4. The van der Waals surface area contributed by atoms with Gasteiger partial charge in [-0.1, -0.05) is 0 Å². The first-order valence-corrected chi connectivity index (χ1v) is 32.4. The smallest absolute Gasteiger partial charge is 1.00 e. The number of anilines is 3. The van der Waals surface area contributed by atoms with Gasteiger partial charge in [-0.3, -0.25) is 59.1 Å². The number of morpholine rings is 5. The van der Waals surface area contributed by atoms with Crippen molar-refractivity contribution in [1.29, 1.82) is 0 Å². The molecule has 34 nitrogen and oxygen atoms in total. The van der Waals surface area contributed by atoms with Gasteiger partial charge in [0.2, 0.25) is 0 Å². The molecule has 9 N–H and O–H groups in total. The van der Waals surface area contributed by atoms with Crippen LogP contribution in [-0.4, -0.2) is 289 Å². The molecule has 101 heavy (non-hydrogen) atoms. The van der Waals surface area contributed by atoms with Crippen LogP contribution in [0.5, 0.6) is 0 Å². The van der Waals surface area contributed by atoms with Gasteiger partial charge in [0.05, 0.1) is 119 Å². The number of hydrogen-bond acceptors (Lipinski definition) is 24. The van der Waals surface area contributed by atoms with E-state index in [4.69, 9.17) is 51.5 Å². The largest absolute Gasteiger partial charge is 1.00 e. The number of carbonyl (C=O) groups excluding carboxylic acids is 5.